The molecule has 3 heterocycles. The van der Waals surface area contributed by atoms with Crippen LogP contribution in [-0.4, -0.2) is 98.8 Å². The summed E-state index contributed by atoms with van der Waals surface area (Å²) in [4.78, 5) is 19.3. The summed E-state index contributed by atoms with van der Waals surface area (Å²) in [5, 5.41) is 3.48. The SMILES string of the molecule is COC(=O)[C@H]1CN(C)CC(CN2CCC(N3CCCC3)CC2)N1. The third-order valence-corrected chi connectivity index (χ3v) is 5.64. The fraction of sp³-hybridized carbons (Fsp3) is 0.941. The molecule has 0 bridgehead atoms. The van der Waals surface area contributed by atoms with Crippen LogP contribution in [0.3, 0.4) is 0 Å². The zero-order chi connectivity index (χ0) is 16.2. The predicted molar refractivity (Wildman–Crippen MR) is 90.5 cm³/mol. The minimum absolute atomic E-state index is 0.144. The fourth-order valence-electron chi connectivity index (χ4n) is 4.43. The molecule has 3 fully saturated rings. The fourth-order valence-corrected chi connectivity index (χ4v) is 4.43. The van der Waals surface area contributed by atoms with E-state index < -0.39 is 0 Å². The summed E-state index contributed by atoms with van der Waals surface area (Å²) in [5.74, 6) is -0.144. The molecular formula is C17H32N4O2. The Kier molecular flexibility index (Phi) is 5.91. The quantitative estimate of drug-likeness (QED) is 0.734. The zero-order valence-electron chi connectivity index (χ0n) is 14.7. The molecule has 6 heteroatoms. The van der Waals surface area contributed by atoms with Gasteiger partial charge in [-0.1, -0.05) is 0 Å². The minimum Gasteiger partial charge on any atom is -0.468 e. The molecule has 0 spiro atoms. The maximum absolute atomic E-state index is 11.8. The number of nitrogens with zero attached hydrogens (tertiary/aromatic N) is 3. The van der Waals surface area contributed by atoms with Gasteiger partial charge in [-0.15, -0.1) is 0 Å². The first-order valence-electron chi connectivity index (χ1n) is 9.14. The molecule has 3 aliphatic heterocycles. The molecule has 1 unspecified atom stereocenters. The number of methoxy groups -OCH3 is 1. The normalized spacial score (nSPS) is 32.3. The van der Waals surface area contributed by atoms with E-state index in [1.54, 1.807) is 0 Å². The molecule has 0 saturated carbocycles. The number of carbonyl (C=O) groups excluding carboxylic acids is 1. The van der Waals surface area contributed by atoms with Crippen molar-refractivity contribution in [3.63, 3.8) is 0 Å². The molecule has 0 aromatic heterocycles. The van der Waals surface area contributed by atoms with E-state index >= 15 is 0 Å². The highest BCUT2D eigenvalue weighted by atomic mass is 16.5. The van der Waals surface area contributed by atoms with Crippen molar-refractivity contribution in [3.8, 4) is 0 Å². The van der Waals surface area contributed by atoms with E-state index in [1.807, 2.05) is 0 Å². The monoisotopic (exact) mass is 324 g/mol. The Morgan fingerprint density at radius 1 is 1.13 bits per heavy atom. The van der Waals surface area contributed by atoms with Crippen molar-refractivity contribution >= 4 is 5.97 Å². The first-order valence-corrected chi connectivity index (χ1v) is 9.14. The van der Waals surface area contributed by atoms with E-state index in [-0.39, 0.29) is 12.0 Å². The third-order valence-electron chi connectivity index (χ3n) is 5.64. The van der Waals surface area contributed by atoms with Crippen LogP contribution in [0.15, 0.2) is 0 Å². The lowest BCUT2D eigenvalue weighted by Gasteiger charge is -2.41. The van der Waals surface area contributed by atoms with Crippen LogP contribution in [0.5, 0.6) is 0 Å². The number of piperidine rings is 1. The summed E-state index contributed by atoms with van der Waals surface area (Å²) in [7, 11) is 3.56. The standard InChI is InChI=1S/C17H32N4O2/c1-19-11-14(18-16(13-19)17(22)23-2)12-20-9-5-15(6-10-20)21-7-3-4-8-21/h14-16,18H,3-13H2,1-2H3/t14?,16-/m1/s1. The summed E-state index contributed by atoms with van der Waals surface area (Å²) in [6.45, 7) is 7.75. The molecule has 1 N–H and O–H groups in total. The number of rotatable bonds is 4. The van der Waals surface area contributed by atoms with E-state index in [0.29, 0.717) is 6.04 Å². The second-order valence-corrected chi connectivity index (χ2v) is 7.44. The molecule has 0 amide bonds. The molecule has 0 aromatic rings. The first kappa shape index (κ1) is 17.1. The second-order valence-electron chi connectivity index (χ2n) is 7.44. The highest BCUT2D eigenvalue weighted by Gasteiger charge is 2.32. The van der Waals surface area contributed by atoms with Gasteiger partial charge in [-0.25, -0.2) is 0 Å². The van der Waals surface area contributed by atoms with Crippen molar-refractivity contribution in [2.24, 2.45) is 0 Å². The Labute approximate surface area is 140 Å². The largest absolute Gasteiger partial charge is 0.468 e. The smallest absolute Gasteiger partial charge is 0.324 e. The van der Waals surface area contributed by atoms with Crippen LogP contribution in [0.1, 0.15) is 25.7 Å². The summed E-state index contributed by atoms with van der Waals surface area (Å²) < 4.78 is 4.90. The zero-order valence-corrected chi connectivity index (χ0v) is 14.7. The molecule has 2 atom stereocenters. The van der Waals surface area contributed by atoms with Gasteiger partial charge < -0.3 is 19.4 Å². The van der Waals surface area contributed by atoms with E-state index in [4.69, 9.17) is 4.74 Å². The number of likely N-dealkylation sites (tertiary alicyclic amines) is 2. The lowest BCUT2D eigenvalue weighted by atomic mass is 10.0. The number of hydrogen-bond donors (Lipinski definition) is 1. The van der Waals surface area contributed by atoms with Gasteiger partial charge in [-0.05, 0) is 58.9 Å². The van der Waals surface area contributed by atoms with Gasteiger partial charge in [-0.2, -0.15) is 0 Å². The number of carbonyl (C=O) groups is 1. The van der Waals surface area contributed by atoms with E-state index in [2.05, 4.69) is 27.1 Å². The Bertz CT molecular complexity index is 392. The van der Waals surface area contributed by atoms with Gasteiger partial charge in [0, 0.05) is 31.7 Å². The number of hydrogen-bond acceptors (Lipinski definition) is 6. The van der Waals surface area contributed by atoms with Gasteiger partial charge in [0.15, 0.2) is 0 Å². The molecule has 3 saturated heterocycles. The van der Waals surface area contributed by atoms with E-state index in [0.717, 1.165) is 25.7 Å². The average molecular weight is 324 g/mol. The highest BCUT2D eigenvalue weighted by molar-refractivity contribution is 5.76. The van der Waals surface area contributed by atoms with Crippen LogP contribution >= 0.6 is 0 Å². The molecule has 23 heavy (non-hydrogen) atoms. The molecule has 132 valence electrons. The van der Waals surface area contributed by atoms with Crippen molar-refractivity contribution in [1.29, 1.82) is 0 Å². The number of likely N-dealkylation sites (N-methyl/N-ethyl adjacent to an activating group) is 1. The van der Waals surface area contributed by atoms with Crippen molar-refractivity contribution in [2.75, 3.05) is 60.0 Å². The number of piperazine rings is 1. The van der Waals surface area contributed by atoms with Gasteiger partial charge in [-0.3, -0.25) is 10.1 Å². The van der Waals surface area contributed by atoms with Crippen molar-refractivity contribution in [2.45, 2.75) is 43.8 Å². The van der Waals surface area contributed by atoms with Crippen LogP contribution in [0.2, 0.25) is 0 Å². The Hall–Kier alpha value is -0.690. The maximum Gasteiger partial charge on any atom is 0.324 e. The molecule has 0 aromatic carbocycles. The maximum atomic E-state index is 11.8. The van der Waals surface area contributed by atoms with Crippen LogP contribution in [0, 0.1) is 0 Å². The summed E-state index contributed by atoms with van der Waals surface area (Å²) in [6.07, 6.45) is 5.35. The van der Waals surface area contributed by atoms with Crippen LogP contribution in [0.4, 0.5) is 0 Å². The summed E-state index contributed by atoms with van der Waals surface area (Å²) in [5.41, 5.74) is 0. The van der Waals surface area contributed by atoms with E-state index in [1.165, 1.54) is 59.0 Å². The van der Waals surface area contributed by atoms with Crippen molar-refractivity contribution in [3.05, 3.63) is 0 Å². The van der Waals surface area contributed by atoms with Gasteiger partial charge in [0.05, 0.1) is 7.11 Å². The van der Waals surface area contributed by atoms with Crippen molar-refractivity contribution in [1.82, 2.24) is 20.0 Å². The lowest BCUT2D eigenvalue weighted by Crippen LogP contribution is -2.61. The topological polar surface area (TPSA) is 48.1 Å². The lowest BCUT2D eigenvalue weighted by molar-refractivity contribution is -0.144. The van der Waals surface area contributed by atoms with Crippen molar-refractivity contribution < 1.29 is 9.53 Å². The summed E-state index contributed by atoms with van der Waals surface area (Å²) >= 11 is 0. The van der Waals surface area contributed by atoms with Gasteiger partial charge >= 0.3 is 5.97 Å². The van der Waals surface area contributed by atoms with Crippen LogP contribution < -0.4 is 5.32 Å². The Morgan fingerprint density at radius 2 is 1.83 bits per heavy atom. The summed E-state index contributed by atoms with van der Waals surface area (Å²) in [6, 6.07) is 0.964. The Morgan fingerprint density at radius 3 is 2.48 bits per heavy atom. The molecule has 0 aliphatic carbocycles. The molecule has 0 radical (unpaired) electrons. The second kappa shape index (κ2) is 7.92. The van der Waals surface area contributed by atoms with E-state index in [9.17, 15) is 4.79 Å². The Balaban J connectivity index is 1.45. The van der Waals surface area contributed by atoms with Gasteiger partial charge in [0.1, 0.15) is 6.04 Å². The minimum atomic E-state index is -0.189. The molecule has 3 rings (SSSR count). The third kappa shape index (κ3) is 4.44. The number of nitrogens with one attached hydrogen (secondary N) is 1. The van der Waals surface area contributed by atoms with Crippen LogP contribution in [0.25, 0.3) is 0 Å². The van der Waals surface area contributed by atoms with Gasteiger partial charge in [0.2, 0.25) is 0 Å². The number of esters is 1. The highest BCUT2D eigenvalue weighted by Crippen LogP contribution is 2.21. The first-order chi connectivity index (χ1) is 11.2. The molecular weight excluding hydrogens is 292 g/mol. The molecule has 3 aliphatic rings. The van der Waals surface area contributed by atoms with Gasteiger partial charge in [0.25, 0.3) is 0 Å². The number of ether oxygens (including phenoxy) is 1. The average Bonchev–Trinajstić information content (AvgIpc) is 3.08. The molecule has 6 nitrogen and oxygen atoms in total. The van der Waals surface area contributed by atoms with Crippen LogP contribution in [-0.2, 0) is 9.53 Å². The predicted octanol–water partition coefficient (Wildman–Crippen LogP) is -0.00820.